The summed E-state index contributed by atoms with van der Waals surface area (Å²) in [7, 11) is 1.72. The third kappa shape index (κ3) is 6.09. The minimum Gasteiger partial charge on any atom is -0.497 e. The van der Waals surface area contributed by atoms with Crippen LogP contribution in [0, 0.1) is 0 Å². The number of hydrogen-bond acceptors (Lipinski definition) is 3. The molecule has 0 amide bonds. The minimum absolute atomic E-state index is 0.379. The van der Waals surface area contributed by atoms with Crippen LogP contribution in [0.1, 0.15) is 55.2 Å². The second-order valence-corrected chi connectivity index (χ2v) is 9.02. The SMILES string of the molecule is CCN(CC)CCOc1ccc(C2=CC(c3ccc(OC)cc3)CC(c3ccccc3)C2)cc1. The van der Waals surface area contributed by atoms with Gasteiger partial charge < -0.3 is 14.4 Å². The van der Waals surface area contributed by atoms with E-state index in [-0.39, 0.29) is 0 Å². The van der Waals surface area contributed by atoms with Crippen LogP contribution in [0.15, 0.2) is 84.9 Å². The summed E-state index contributed by atoms with van der Waals surface area (Å²) in [6.07, 6.45) is 4.64. The van der Waals surface area contributed by atoms with Crippen LogP contribution in [0.3, 0.4) is 0 Å². The van der Waals surface area contributed by atoms with E-state index in [9.17, 15) is 0 Å². The van der Waals surface area contributed by atoms with E-state index in [4.69, 9.17) is 9.47 Å². The Morgan fingerprint density at radius 3 is 2.12 bits per heavy atom. The van der Waals surface area contributed by atoms with E-state index < -0.39 is 0 Å². The standard InChI is InChI=1S/C31H37NO2/c1-4-32(5-2)19-20-34-31-17-13-26(14-18-31)29-22-27(24-9-7-6-8-10-24)21-28(23-29)25-11-15-30(33-3)16-12-25/h6-18,23,27-28H,4-5,19-22H2,1-3H3. The zero-order chi connectivity index (χ0) is 23.8. The number of benzene rings is 3. The quantitative estimate of drug-likeness (QED) is 0.324. The first kappa shape index (κ1) is 24.1. The Morgan fingerprint density at radius 2 is 1.47 bits per heavy atom. The number of likely N-dealkylation sites (N-methyl/N-ethyl adjacent to an activating group) is 1. The predicted octanol–water partition coefficient (Wildman–Crippen LogP) is 7.16. The van der Waals surface area contributed by atoms with Gasteiger partial charge in [-0.3, -0.25) is 0 Å². The lowest BCUT2D eigenvalue weighted by Crippen LogP contribution is -2.27. The fourth-order valence-corrected chi connectivity index (χ4v) is 4.91. The molecule has 0 fully saturated rings. The van der Waals surface area contributed by atoms with Gasteiger partial charge in [0.1, 0.15) is 18.1 Å². The van der Waals surface area contributed by atoms with E-state index in [1.165, 1.54) is 22.3 Å². The summed E-state index contributed by atoms with van der Waals surface area (Å²) in [5.41, 5.74) is 5.46. The lowest BCUT2D eigenvalue weighted by Gasteiger charge is -2.30. The molecule has 3 aromatic rings. The summed E-state index contributed by atoms with van der Waals surface area (Å²) in [4.78, 5) is 2.38. The fourth-order valence-electron chi connectivity index (χ4n) is 4.91. The molecule has 0 radical (unpaired) electrons. The first-order valence-corrected chi connectivity index (χ1v) is 12.5. The van der Waals surface area contributed by atoms with Crippen molar-refractivity contribution < 1.29 is 9.47 Å². The van der Waals surface area contributed by atoms with E-state index in [1.54, 1.807) is 7.11 Å². The van der Waals surface area contributed by atoms with Gasteiger partial charge in [-0.05, 0) is 78.4 Å². The molecule has 1 aliphatic rings. The van der Waals surface area contributed by atoms with Gasteiger partial charge in [0.2, 0.25) is 0 Å². The fraction of sp³-hybridized carbons (Fsp3) is 0.355. The molecule has 0 N–H and O–H groups in total. The van der Waals surface area contributed by atoms with Gasteiger partial charge in [-0.25, -0.2) is 0 Å². The number of nitrogens with zero attached hydrogens (tertiary/aromatic N) is 1. The first-order valence-electron chi connectivity index (χ1n) is 12.5. The first-order chi connectivity index (χ1) is 16.7. The summed E-state index contributed by atoms with van der Waals surface area (Å²) >= 11 is 0. The monoisotopic (exact) mass is 455 g/mol. The van der Waals surface area contributed by atoms with Crippen molar-refractivity contribution in [2.75, 3.05) is 33.4 Å². The van der Waals surface area contributed by atoms with Gasteiger partial charge in [0.25, 0.3) is 0 Å². The van der Waals surface area contributed by atoms with Gasteiger partial charge in [-0.2, -0.15) is 0 Å². The van der Waals surface area contributed by atoms with E-state index in [1.807, 2.05) is 0 Å². The van der Waals surface area contributed by atoms with E-state index in [0.717, 1.165) is 50.6 Å². The average molecular weight is 456 g/mol. The molecule has 0 saturated heterocycles. The molecule has 0 spiro atoms. The third-order valence-corrected chi connectivity index (χ3v) is 7.02. The zero-order valence-electron chi connectivity index (χ0n) is 20.7. The molecule has 0 aromatic heterocycles. The molecule has 0 bridgehead atoms. The molecular formula is C31H37NO2. The third-order valence-electron chi connectivity index (χ3n) is 7.02. The van der Waals surface area contributed by atoms with Gasteiger partial charge in [-0.15, -0.1) is 0 Å². The summed E-state index contributed by atoms with van der Waals surface area (Å²) in [6.45, 7) is 8.19. The van der Waals surface area contributed by atoms with Crippen LogP contribution >= 0.6 is 0 Å². The van der Waals surface area contributed by atoms with Crippen LogP contribution in [-0.2, 0) is 0 Å². The predicted molar refractivity (Wildman–Crippen MR) is 142 cm³/mol. The highest BCUT2D eigenvalue weighted by Crippen LogP contribution is 2.43. The van der Waals surface area contributed by atoms with Crippen molar-refractivity contribution in [3.63, 3.8) is 0 Å². The molecule has 178 valence electrons. The summed E-state index contributed by atoms with van der Waals surface area (Å²) < 4.78 is 11.4. The van der Waals surface area contributed by atoms with Crippen molar-refractivity contribution >= 4 is 5.57 Å². The molecule has 3 aromatic carbocycles. The second-order valence-electron chi connectivity index (χ2n) is 9.02. The normalized spacial score (nSPS) is 17.9. The van der Waals surface area contributed by atoms with E-state index >= 15 is 0 Å². The summed E-state index contributed by atoms with van der Waals surface area (Å²) in [6, 6.07) is 28.2. The Balaban J connectivity index is 1.53. The van der Waals surface area contributed by atoms with Crippen LogP contribution in [0.5, 0.6) is 11.5 Å². The van der Waals surface area contributed by atoms with Gasteiger partial charge in [0.05, 0.1) is 7.11 Å². The highest BCUT2D eigenvalue weighted by atomic mass is 16.5. The lowest BCUT2D eigenvalue weighted by molar-refractivity contribution is 0.223. The van der Waals surface area contributed by atoms with Crippen LogP contribution < -0.4 is 9.47 Å². The van der Waals surface area contributed by atoms with Crippen molar-refractivity contribution in [3.05, 3.63) is 102 Å². The minimum atomic E-state index is 0.379. The van der Waals surface area contributed by atoms with E-state index in [0.29, 0.717) is 11.8 Å². The van der Waals surface area contributed by atoms with Crippen molar-refractivity contribution in [3.8, 4) is 11.5 Å². The Kier molecular flexibility index (Phi) is 8.43. The smallest absolute Gasteiger partial charge is 0.119 e. The van der Waals surface area contributed by atoms with Crippen molar-refractivity contribution in [1.29, 1.82) is 0 Å². The lowest BCUT2D eigenvalue weighted by atomic mass is 9.75. The van der Waals surface area contributed by atoms with Crippen molar-refractivity contribution in [2.24, 2.45) is 0 Å². The molecule has 34 heavy (non-hydrogen) atoms. The van der Waals surface area contributed by atoms with Crippen molar-refractivity contribution in [1.82, 2.24) is 4.90 Å². The molecular weight excluding hydrogens is 418 g/mol. The molecule has 0 saturated carbocycles. The number of allylic oxidation sites excluding steroid dienone is 2. The number of ether oxygens (including phenoxy) is 2. The highest BCUT2D eigenvalue weighted by molar-refractivity contribution is 5.69. The Morgan fingerprint density at radius 1 is 0.794 bits per heavy atom. The second kappa shape index (κ2) is 11.9. The maximum absolute atomic E-state index is 6.01. The van der Waals surface area contributed by atoms with Crippen LogP contribution in [-0.4, -0.2) is 38.3 Å². The Labute approximate surface area is 205 Å². The largest absolute Gasteiger partial charge is 0.497 e. The van der Waals surface area contributed by atoms with Gasteiger partial charge in [0, 0.05) is 12.5 Å². The Hall–Kier alpha value is -3.04. The maximum Gasteiger partial charge on any atom is 0.119 e. The maximum atomic E-state index is 6.01. The molecule has 0 heterocycles. The van der Waals surface area contributed by atoms with Crippen LogP contribution in [0.4, 0.5) is 0 Å². The molecule has 3 nitrogen and oxygen atoms in total. The van der Waals surface area contributed by atoms with Crippen molar-refractivity contribution in [2.45, 2.75) is 38.5 Å². The van der Waals surface area contributed by atoms with Gasteiger partial charge >= 0.3 is 0 Å². The molecule has 4 rings (SSSR count). The molecule has 1 aliphatic carbocycles. The number of methoxy groups -OCH3 is 1. The van der Waals surface area contributed by atoms with Gasteiger partial charge in [-0.1, -0.05) is 74.5 Å². The number of hydrogen-bond donors (Lipinski definition) is 0. The Bertz CT molecular complexity index is 1040. The topological polar surface area (TPSA) is 21.7 Å². The molecule has 2 unspecified atom stereocenters. The number of rotatable bonds is 10. The molecule has 3 heteroatoms. The van der Waals surface area contributed by atoms with Crippen LogP contribution in [0.25, 0.3) is 5.57 Å². The van der Waals surface area contributed by atoms with E-state index in [2.05, 4.69) is 104 Å². The highest BCUT2D eigenvalue weighted by Gasteiger charge is 2.25. The molecule has 2 atom stereocenters. The average Bonchev–Trinajstić information content (AvgIpc) is 2.92. The van der Waals surface area contributed by atoms with Crippen LogP contribution in [0.2, 0.25) is 0 Å². The summed E-state index contributed by atoms with van der Waals surface area (Å²) in [5, 5.41) is 0. The molecule has 0 aliphatic heterocycles. The van der Waals surface area contributed by atoms with Gasteiger partial charge in [0.15, 0.2) is 0 Å². The zero-order valence-corrected chi connectivity index (χ0v) is 20.7. The summed E-state index contributed by atoms with van der Waals surface area (Å²) in [5.74, 6) is 2.72.